The van der Waals surface area contributed by atoms with Gasteiger partial charge < -0.3 is 0 Å². The molecule has 0 aliphatic rings. The topological polar surface area (TPSA) is 0 Å². The van der Waals surface area contributed by atoms with E-state index >= 15 is 0 Å². The normalized spacial score (nSPS) is 8.09. The summed E-state index contributed by atoms with van der Waals surface area (Å²) in [6.07, 6.45) is 8.51. The minimum atomic E-state index is 0. The molecule has 0 aromatic rings. The third kappa shape index (κ3) is 17.9. The zero-order valence-electron chi connectivity index (χ0n) is 7.34. The monoisotopic (exact) mass is 180 g/mol. The molecule has 11 heavy (non-hydrogen) atoms. The van der Waals surface area contributed by atoms with E-state index in [9.17, 15) is 0 Å². The van der Waals surface area contributed by atoms with Crippen LogP contribution in [-0.4, -0.2) is 16.3 Å². The average molecular weight is 180 g/mol. The fraction of sp³-hybridized carbons (Fsp3) is 1.00. The Kier molecular flexibility index (Phi) is 26.6. The Labute approximate surface area is 76.9 Å². The molecule has 68 valence electrons. The summed E-state index contributed by atoms with van der Waals surface area (Å²) < 4.78 is 0. The summed E-state index contributed by atoms with van der Waals surface area (Å²) in [5, 5.41) is 1.28. The Hall–Kier alpha value is 0.392. The van der Waals surface area contributed by atoms with Gasteiger partial charge in [-0.3, -0.25) is 9.41 Å². The molecular weight excluding hydrogens is 161 g/mol. The van der Waals surface area contributed by atoms with E-state index in [0.717, 1.165) is 0 Å². The molecule has 0 heterocycles. The van der Waals surface area contributed by atoms with Crippen molar-refractivity contribution in [2.75, 3.05) is 0 Å². The third-order valence-corrected chi connectivity index (χ3v) is 1.97. The van der Waals surface area contributed by atoms with Crippen molar-refractivity contribution in [2.45, 2.75) is 50.7 Å². The minimum Gasteiger partial charge on any atom is -0.269 e. The lowest BCUT2D eigenvalue weighted by atomic mass is 10.1. The molecule has 0 rings (SSSR count). The Morgan fingerprint density at radius 3 is 1.73 bits per heavy atom. The SMILES string of the molecule is CCCCCCC[CH2][Al].F.F. The maximum absolute atomic E-state index is 2.78. The standard InChI is InChI=1S/C8H17.Al.2FH/c1-3-5-7-8-6-4-2;;;/h1,3-8H2,2H3;;2*1H. The van der Waals surface area contributed by atoms with E-state index in [-0.39, 0.29) is 9.41 Å². The van der Waals surface area contributed by atoms with Crippen molar-refractivity contribution < 1.29 is 9.41 Å². The number of rotatable bonds is 6. The molecular formula is C8H19AlF2. The zero-order chi connectivity index (χ0) is 6.95. The smallest absolute Gasteiger partial charge is 0.118 e. The lowest BCUT2D eigenvalue weighted by molar-refractivity contribution is 0.624. The lowest BCUT2D eigenvalue weighted by Gasteiger charge is -1.96. The Bertz CT molecular complexity index is 45.4. The van der Waals surface area contributed by atoms with Crippen molar-refractivity contribution in [3.8, 4) is 0 Å². The molecule has 0 fully saturated rings. The molecule has 0 bridgehead atoms. The van der Waals surface area contributed by atoms with Crippen LogP contribution in [0.15, 0.2) is 0 Å². The van der Waals surface area contributed by atoms with Crippen molar-refractivity contribution in [1.82, 2.24) is 0 Å². The largest absolute Gasteiger partial charge is 0.269 e. The minimum absolute atomic E-state index is 0. The van der Waals surface area contributed by atoms with Crippen molar-refractivity contribution in [2.24, 2.45) is 0 Å². The van der Waals surface area contributed by atoms with Crippen LogP contribution >= 0.6 is 0 Å². The molecule has 0 atom stereocenters. The van der Waals surface area contributed by atoms with Gasteiger partial charge in [0.1, 0.15) is 16.3 Å². The summed E-state index contributed by atoms with van der Waals surface area (Å²) in [5.74, 6) is 0. The van der Waals surface area contributed by atoms with Gasteiger partial charge in [0, 0.05) is 0 Å². The van der Waals surface area contributed by atoms with E-state index in [1.807, 2.05) is 0 Å². The molecule has 0 nitrogen and oxygen atoms in total. The molecule has 0 aliphatic carbocycles. The number of unbranched alkanes of at least 4 members (excludes halogenated alkanes) is 5. The molecule has 2 radical (unpaired) electrons. The van der Waals surface area contributed by atoms with Gasteiger partial charge in [-0.15, -0.1) is 5.28 Å². The van der Waals surface area contributed by atoms with Crippen LogP contribution in [0, 0.1) is 0 Å². The summed E-state index contributed by atoms with van der Waals surface area (Å²) in [7, 11) is 0. The second-order valence-corrected chi connectivity index (χ2v) is 3.13. The van der Waals surface area contributed by atoms with Crippen LogP contribution in [0.1, 0.15) is 45.4 Å². The quantitative estimate of drug-likeness (QED) is 0.435. The molecule has 0 N–H and O–H groups in total. The first kappa shape index (κ1) is 17.5. The Morgan fingerprint density at radius 1 is 0.818 bits per heavy atom. The Morgan fingerprint density at radius 2 is 1.27 bits per heavy atom. The van der Waals surface area contributed by atoms with Crippen LogP contribution in [-0.2, 0) is 0 Å². The second-order valence-electron chi connectivity index (χ2n) is 2.56. The molecule has 0 aliphatic heterocycles. The van der Waals surface area contributed by atoms with Crippen LogP contribution in [0.25, 0.3) is 0 Å². The van der Waals surface area contributed by atoms with E-state index in [0.29, 0.717) is 0 Å². The van der Waals surface area contributed by atoms with Gasteiger partial charge in [-0.1, -0.05) is 45.4 Å². The maximum atomic E-state index is 2.78. The van der Waals surface area contributed by atoms with Gasteiger partial charge in [-0.05, 0) is 0 Å². The fourth-order valence-electron chi connectivity index (χ4n) is 0.925. The molecule has 0 aromatic carbocycles. The van der Waals surface area contributed by atoms with E-state index < -0.39 is 0 Å². The summed E-state index contributed by atoms with van der Waals surface area (Å²) in [4.78, 5) is 0. The fourth-order valence-corrected chi connectivity index (χ4v) is 1.21. The number of hydrogen-bond acceptors (Lipinski definition) is 0. The summed E-state index contributed by atoms with van der Waals surface area (Å²) in [5.41, 5.74) is 0. The van der Waals surface area contributed by atoms with Gasteiger partial charge in [0.15, 0.2) is 0 Å². The van der Waals surface area contributed by atoms with Crippen LogP contribution in [0.2, 0.25) is 5.28 Å². The molecule has 0 spiro atoms. The van der Waals surface area contributed by atoms with Crippen LogP contribution in [0.4, 0.5) is 9.41 Å². The maximum Gasteiger partial charge on any atom is 0.118 e. The number of halogens is 2. The first-order valence-corrected chi connectivity index (χ1v) is 4.93. The van der Waals surface area contributed by atoms with Gasteiger partial charge in [0.2, 0.25) is 0 Å². The third-order valence-electron chi connectivity index (χ3n) is 1.56. The van der Waals surface area contributed by atoms with Crippen LogP contribution < -0.4 is 0 Å². The second kappa shape index (κ2) is 16.8. The lowest BCUT2D eigenvalue weighted by Crippen LogP contribution is -1.77. The van der Waals surface area contributed by atoms with Crippen molar-refractivity contribution in [3.63, 3.8) is 0 Å². The highest BCUT2D eigenvalue weighted by Crippen LogP contribution is 2.05. The van der Waals surface area contributed by atoms with Gasteiger partial charge in [0.05, 0.1) is 0 Å². The molecule has 0 saturated heterocycles. The molecule has 0 amide bonds. The summed E-state index contributed by atoms with van der Waals surface area (Å²) in [6.45, 7) is 2.26. The van der Waals surface area contributed by atoms with E-state index in [4.69, 9.17) is 0 Å². The highest BCUT2D eigenvalue weighted by atomic mass is 27.0. The predicted molar refractivity (Wildman–Crippen MR) is 48.9 cm³/mol. The van der Waals surface area contributed by atoms with E-state index in [1.165, 1.54) is 43.8 Å². The van der Waals surface area contributed by atoms with Gasteiger partial charge >= 0.3 is 0 Å². The highest BCUT2D eigenvalue weighted by Gasteiger charge is 1.85. The molecule has 0 aromatic heterocycles. The first-order chi connectivity index (χ1) is 4.41. The highest BCUT2D eigenvalue weighted by molar-refractivity contribution is 6.08. The van der Waals surface area contributed by atoms with Crippen molar-refractivity contribution >= 4 is 16.3 Å². The van der Waals surface area contributed by atoms with Gasteiger partial charge in [-0.25, -0.2) is 0 Å². The van der Waals surface area contributed by atoms with Crippen LogP contribution in [0.3, 0.4) is 0 Å². The molecule has 0 saturated carbocycles. The van der Waals surface area contributed by atoms with E-state index in [1.54, 1.807) is 0 Å². The molecule has 0 unspecified atom stereocenters. The number of hydrogen-bond donors (Lipinski definition) is 0. The van der Waals surface area contributed by atoms with Crippen molar-refractivity contribution in [3.05, 3.63) is 0 Å². The van der Waals surface area contributed by atoms with Crippen molar-refractivity contribution in [1.29, 1.82) is 0 Å². The molecule has 3 heteroatoms. The average Bonchev–Trinajstić information content (AvgIpc) is 1.89. The van der Waals surface area contributed by atoms with Gasteiger partial charge in [-0.2, -0.15) is 0 Å². The van der Waals surface area contributed by atoms with E-state index in [2.05, 4.69) is 23.2 Å². The summed E-state index contributed by atoms with van der Waals surface area (Å²) in [6, 6.07) is 0. The first-order valence-electron chi connectivity index (χ1n) is 4.12. The summed E-state index contributed by atoms with van der Waals surface area (Å²) >= 11 is 2.78. The van der Waals surface area contributed by atoms with Crippen LogP contribution in [0.5, 0.6) is 0 Å². The Balaban J connectivity index is -0.000000320. The predicted octanol–water partition coefficient (Wildman–Crippen LogP) is 3.24. The zero-order valence-corrected chi connectivity index (χ0v) is 8.50. The van der Waals surface area contributed by atoms with Gasteiger partial charge in [0.25, 0.3) is 0 Å².